The number of nitrogens with two attached hydrogens (primary N) is 1. The first kappa shape index (κ1) is 13.9. The molecule has 0 radical (unpaired) electrons. The average Bonchev–Trinajstić information content (AvgIpc) is 2.27. The SMILES string of the molecule is Nc1ccc(C(=O)N[C@@H](CCO)C(=O)O)c(F)c1. The fraction of sp³-hybridized carbons (Fsp3) is 0.273. The molecule has 0 aliphatic rings. The third-order valence-corrected chi connectivity index (χ3v) is 2.26. The molecule has 7 heteroatoms. The van der Waals surface area contributed by atoms with Crippen molar-refractivity contribution >= 4 is 17.6 Å². The summed E-state index contributed by atoms with van der Waals surface area (Å²) < 4.78 is 13.4. The first-order valence-electron chi connectivity index (χ1n) is 5.15. The van der Waals surface area contributed by atoms with Gasteiger partial charge in [0.05, 0.1) is 5.56 Å². The molecular formula is C11H13FN2O4. The number of aliphatic carboxylic acids is 1. The van der Waals surface area contributed by atoms with Gasteiger partial charge in [-0.15, -0.1) is 0 Å². The second-order valence-corrected chi connectivity index (χ2v) is 3.62. The molecule has 0 spiro atoms. The number of nitrogen functional groups attached to an aromatic ring is 1. The summed E-state index contributed by atoms with van der Waals surface area (Å²) in [5.74, 6) is -3.00. The summed E-state index contributed by atoms with van der Waals surface area (Å²) in [5, 5.41) is 19.5. The number of aliphatic hydroxyl groups excluding tert-OH is 1. The van der Waals surface area contributed by atoms with E-state index in [1.165, 1.54) is 6.07 Å². The number of hydrogen-bond acceptors (Lipinski definition) is 4. The van der Waals surface area contributed by atoms with Crippen LogP contribution in [0.4, 0.5) is 10.1 Å². The lowest BCUT2D eigenvalue weighted by atomic mass is 10.1. The number of anilines is 1. The van der Waals surface area contributed by atoms with E-state index >= 15 is 0 Å². The number of carboxylic acids is 1. The molecule has 1 atom stereocenters. The average molecular weight is 256 g/mol. The van der Waals surface area contributed by atoms with Gasteiger partial charge in [0.1, 0.15) is 11.9 Å². The molecule has 0 aromatic heterocycles. The zero-order valence-electron chi connectivity index (χ0n) is 9.39. The lowest BCUT2D eigenvalue weighted by Crippen LogP contribution is -2.41. The van der Waals surface area contributed by atoms with E-state index in [-0.39, 0.29) is 17.7 Å². The number of carbonyl (C=O) groups excluding carboxylic acids is 1. The molecule has 18 heavy (non-hydrogen) atoms. The van der Waals surface area contributed by atoms with Crippen molar-refractivity contribution in [2.75, 3.05) is 12.3 Å². The van der Waals surface area contributed by atoms with Crippen LogP contribution >= 0.6 is 0 Å². The van der Waals surface area contributed by atoms with E-state index in [4.69, 9.17) is 15.9 Å². The zero-order valence-corrected chi connectivity index (χ0v) is 9.39. The molecule has 1 aromatic carbocycles. The van der Waals surface area contributed by atoms with Crippen LogP contribution in [0.1, 0.15) is 16.8 Å². The Hall–Kier alpha value is -2.15. The van der Waals surface area contributed by atoms with Crippen molar-refractivity contribution in [1.29, 1.82) is 0 Å². The summed E-state index contributed by atoms with van der Waals surface area (Å²) in [6.45, 7) is -0.401. The fourth-order valence-corrected chi connectivity index (χ4v) is 1.34. The van der Waals surface area contributed by atoms with E-state index in [0.717, 1.165) is 12.1 Å². The number of hydrogen-bond donors (Lipinski definition) is 4. The zero-order chi connectivity index (χ0) is 13.7. The standard InChI is InChI=1S/C11H13FN2O4/c12-8-5-6(13)1-2-7(8)10(16)14-9(3-4-15)11(17)18/h1-2,5,9,15H,3-4,13H2,(H,14,16)(H,17,18)/t9-/m0/s1. The van der Waals surface area contributed by atoms with Gasteiger partial charge < -0.3 is 21.3 Å². The molecule has 0 saturated carbocycles. The van der Waals surface area contributed by atoms with Crippen LogP contribution in [0.2, 0.25) is 0 Å². The van der Waals surface area contributed by atoms with Gasteiger partial charge in [-0.25, -0.2) is 9.18 Å². The molecule has 0 saturated heterocycles. The maximum absolute atomic E-state index is 13.4. The Bertz CT molecular complexity index is 464. The number of carbonyl (C=O) groups is 2. The number of aliphatic hydroxyl groups is 1. The smallest absolute Gasteiger partial charge is 0.326 e. The highest BCUT2D eigenvalue weighted by Gasteiger charge is 2.21. The van der Waals surface area contributed by atoms with Crippen LogP contribution in [0.5, 0.6) is 0 Å². The lowest BCUT2D eigenvalue weighted by molar-refractivity contribution is -0.139. The van der Waals surface area contributed by atoms with Crippen LogP contribution in [-0.4, -0.2) is 34.7 Å². The van der Waals surface area contributed by atoms with Crippen molar-refractivity contribution < 1.29 is 24.2 Å². The number of carboxylic acid groups (broad SMARTS) is 1. The summed E-state index contributed by atoms with van der Waals surface area (Å²) >= 11 is 0. The Morgan fingerprint density at radius 3 is 2.61 bits per heavy atom. The van der Waals surface area contributed by atoms with Crippen molar-refractivity contribution in [3.63, 3.8) is 0 Å². The predicted octanol–water partition coefficient (Wildman–Crippen LogP) is -0.0267. The summed E-state index contributed by atoms with van der Waals surface area (Å²) in [6, 6.07) is 2.20. The first-order chi connectivity index (χ1) is 8.45. The Morgan fingerprint density at radius 2 is 2.11 bits per heavy atom. The van der Waals surface area contributed by atoms with Gasteiger partial charge >= 0.3 is 5.97 Å². The second kappa shape index (κ2) is 5.97. The van der Waals surface area contributed by atoms with E-state index in [2.05, 4.69) is 5.32 Å². The van der Waals surface area contributed by atoms with Gasteiger partial charge in [-0.3, -0.25) is 4.79 Å². The Kier molecular flexibility index (Phi) is 4.61. The van der Waals surface area contributed by atoms with Gasteiger partial charge in [0.2, 0.25) is 0 Å². The number of rotatable bonds is 5. The highest BCUT2D eigenvalue weighted by Crippen LogP contribution is 2.12. The molecule has 0 heterocycles. The highest BCUT2D eigenvalue weighted by molar-refractivity contribution is 5.97. The maximum Gasteiger partial charge on any atom is 0.326 e. The molecule has 1 rings (SSSR count). The molecule has 0 aliphatic carbocycles. The van der Waals surface area contributed by atoms with Gasteiger partial charge in [0.25, 0.3) is 5.91 Å². The van der Waals surface area contributed by atoms with Crippen LogP contribution in [0.25, 0.3) is 0 Å². The quantitative estimate of drug-likeness (QED) is 0.553. The van der Waals surface area contributed by atoms with E-state index in [1.807, 2.05) is 0 Å². The van der Waals surface area contributed by atoms with Crippen molar-refractivity contribution in [3.8, 4) is 0 Å². The van der Waals surface area contributed by atoms with Crippen molar-refractivity contribution in [3.05, 3.63) is 29.6 Å². The minimum absolute atomic E-state index is 0.155. The summed E-state index contributed by atoms with van der Waals surface area (Å²) in [5.41, 5.74) is 5.19. The molecule has 0 bridgehead atoms. The summed E-state index contributed by atoms with van der Waals surface area (Å²) in [4.78, 5) is 22.4. The topological polar surface area (TPSA) is 113 Å². The molecule has 0 fully saturated rings. The molecule has 98 valence electrons. The van der Waals surface area contributed by atoms with Gasteiger partial charge in [0.15, 0.2) is 0 Å². The monoisotopic (exact) mass is 256 g/mol. The van der Waals surface area contributed by atoms with Crippen LogP contribution in [-0.2, 0) is 4.79 Å². The third kappa shape index (κ3) is 3.42. The van der Waals surface area contributed by atoms with Crippen LogP contribution < -0.4 is 11.1 Å². The van der Waals surface area contributed by atoms with Gasteiger partial charge in [-0.2, -0.15) is 0 Å². The van der Waals surface area contributed by atoms with E-state index in [1.54, 1.807) is 0 Å². The highest BCUT2D eigenvalue weighted by atomic mass is 19.1. The molecule has 6 nitrogen and oxygen atoms in total. The largest absolute Gasteiger partial charge is 0.480 e. The first-order valence-corrected chi connectivity index (χ1v) is 5.15. The Morgan fingerprint density at radius 1 is 1.44 bits per heavy atom. The summed E-state index contributed by atoms with van der Waals surface area (Å²) in [6.07, 6.45) is -0.155. The Labute approximate surface area is 102 Å². The molecule has 0 aliphatic heterocycles. The van der Waals surface area contributed by atoms with Crippen molar-refractivity contribution in [1.82, 2.24) is 5.32 Å². The lowest BCUT2D eigenvalue weighted by Gasteiger charge is -2.13. The Balaban J connectivity index is 2.83. The number of amides is 1. The number of halogens is 1. The molecule has 5 N–H and O–H groups in total. The van der Waals surface area contributed by atoms with E-state index in [0.29, 0.717) is 0 Å². The van der Waals surface area contributed by atoms with Crippen molar-refractivity contribution in [2.45, 2.75) is 12.5 Å². The molecule has 1 amide bonds. The van der Waals surface area contributed by atoms with Crippen LogP contribution in [0.15, 0.2) is 18.2 Å². The second-order valence-electron chi connectivity index (χ2n) is 3.62. The van der Waals surface area contributed by atoms with Gasteiger partial charge in [-0.05, 0) is 18.2 Å². The number of nitrogens with one attached hydrogen (secondary N) is 1. The van der Waals surface area contributed by atoms with Crippen molar-refractivity contribution in [2.24, 2.45) is 0 Å². The fourth-order valence-electron chi connectivity index (χ4n) is 1.34. The third-order valence-electron chi connectivity index (χ3n) is 2.26. The van der Waals surface area contributed by atoms with E-state index < -0.39 is 30.3 Å². The van der Waals surface area contributed by atoms with Gasteiger partial charge in [0, 0.05) is 18.7 Å². The molecule has 1 aromatic rings. The van der Waals surface area contributed by atoms with Crippen LogP contribution in [0, 0.1) is 5.82 Å². The van der Waals surface area contributed by atoms with E-state index in [9.17, 15) is 14.0 Å². The minimum atomic E-state index is -1.30. The predicted molar refractivity (Wildman–Crippen MR) is 61.4 cm³/mol. The normalized spacial score (nSPS) is 11.9. The minimum Gasteiger partial charge on any atom is -0.480 e. The van der Waals surface area contributed by atoms with Crippen LogP contribution in [0.3, 0.4) is 0 Å². The van der Waals surface area contributed by atoms with Gasteiger partial charge in [-0.1, -0.05) is 0 Å². The summed E-state index contributed by atoms with van der Waals surface area (Å²) in [7, 11) is 0. The molecular weight excluding hydrogens is 243 g/mol. The molecule has 0 unspecified atom stereocenters. The maximum atomic E-state index is 13.4. The number of benzene rings is 1.